The van der Waals surface area contributed by atoms with Gasteiger partial charge in [0.15, 0.2) is 16.3 Å². The Morgan fingerprint density at radius 2 is 2.14 bits per heavy atom. The predicted molar refractivity (Wildman–Crippen MR) is 111 cm³/mol. The highest BCUT2D eigenvalue weighted by Crippen LogP contribution is 2.31. The Bertz CT molecular complexity index is 1080. The first kappa shape index (κ1) is 19.2. The Balaban J connectivity index is 1.66. The monoisotopic (exact) mass is 462 g/mol. The van der Waals surface area contributed by atoms with Crippen molar-refractivity contribution < 1.29 is 19.0 Å². The summed E-state index contributed by atoms with van der Waals surface area (Å²) in [5, 5.41) is 0. The highest BCUT2D eigenvalue weighted by Gasteiger charge is 2.27. The molecule has 0 aliphatic carbocycles. The lowest BCUT2D eigenvalue weighted by Gasteiger charge is -2.23. The number of amides is 1. The number of thiazole rings is 1. The van der Waals surface area contributed by atoms with Crippen molar-refractivity contribution in [3.05, 3.63) is 51.7 Å². The fraction of sp³-hybridized carbons (Fsp3) is 0.300. The molecule has 2 aromatic carbocycles. The number of benzene rings is 2. The lowest BCUT2D eigenvalue weighted by molar-refractivity contribution is -0.127. The SMILES string of the molecule is CCOCCn1c(=NC(=O)C2COc3ccccc3O2)sc2cc(Br)ccc21. The van der Waals surface area contributed by atoms with Crippen molar-refractivity contribution in [1.29, 1.82) is 0 Å². The molecule has 1 unspecified atom stereocenters. The molecular weight excluding hydrogens is 444 g/mol. The van der Waals surface area contributed by atoms with Crippen LogP contribution in [0, 0.1) is 0 Å². The smallest absolute Gasteiger partial charge is 0.292 e. The van der Waals surface area contributed by atoms with E-state index >= 15 is 0 Å². The summed E-state index contributed by atoms with van der Waals surface area (Å²) in [6.45, 7) is 3.92. The first-order chi connectivity index (χ1) is 13.7. The molecule has 8 heteroatoms. The molecule has 2 heterocycles. The van der Waals surface area contributed by atoms with Gasteiger partial charge in [0.2, 0.25) is 6.10 Å². The maximum Gasteiger partial charge on any atom is 0.292 e. The number of hydrogen-bond donors (Lipinski definition) is 0. The van der Waals surface area contributed by atoms with E-state index < -0.39 is 6.10 Å². The van der Waals surface area contributed by atoms with Crippen LogP contribution in [0.3, 0.4) is 0 Å². The summed E-state index contributed by atoms with van der Waals surface area (Å²) in [5.41, 5.74) is 1.02. The maximum absolute atomic E-state index is 12.8. The van der Waals surface area contributed by atoms with Crippen LogP contribution in [0.25, 0.3) is 10.2 Å². The number of carbonyl (C=O) groups excluding carboxylic acids is 1. The number of para-hydroxylation sites is 2. The fourth-order valence-electron chi connectivity index (χ4n) is 2.96. The molecular formula is C20H19BrN2O4S. The van der Waals surface area contributed by atoms with Crippen LogP contribution >= 0.6 is 27.3 Å². The number of nitrogens with zero attached hydrogens (tertiary/aromatic N) is 2. The molecule has 6 nitrogen and oxygen atoms in total. The number of halogens is 1. The molecule has 0 N–H and O–H groups in total. The standard InChI is InChI=1S/C20H19BrN2O4S/c1-2-25-10-9-23-14-8-7-13(21)11-18(14)28-20(23)22-19(24)17-12-26-15-5-3-4-6-16(15)27-17/h3-8,11,17H,2,9-10,12H2,1H3. The molecule has 0 radical (unpaired) electrons. The van der Waals surface area contributed by atoms with Crippen molar-refractivity contribution in [2.24, 2.45) is 4.99 Å². The van der Waals surface area contributed by atoms with Gasteiger partial charge in [0.05, 0.1) is 16.8 Å². The zero-order valence-corrected chi connectivity index (χ0v) is 17.7. The van der Waals surface area contributed by atoms with Crippen LogP contribution in [-0.4, -0.2) is 36.4 Å². The van der Waals surface area contributed by atoms with Gasteiger partial charge in [0.25, 0.3) is 5.91 Å². The van der Waals surface area contributed by atoms with Crippen molar-refractivity contribution in [1.82, 2.24) is 4.57 Å². The molecule has 4 rings (SSSR count). The van der Waals surface area contributed by atoms with Crippen molar-refractivity contribution in [3.63, 3.8) is 0 Å². The Labute approximate surface area is 174 Å². The van der Waals surface area contributed by atoms with Gasteiger partial charge in [-0.05, 0) is 37.3 Å². The second-order valence-corrected chi connectivity index (χ2v) is 8.08. The van der Waals surface area contributed by atoms with Gasteiger partial charge in [-0.25, -0.2) is 0 Å². The lowest BCUT2D eigenvalue weighted by Crippen LogP contribution is -2.37. The van der Waals surface area contributed by atoms with Crippen LogP contribution in [-0.2, 0) is 16.1 Å². The van der Waals surface area contributed by atoms with E-state index in [9.17, 15) is 4.79 Å². The first-order valence-electron chi connectivity index (χ1n) is 8.99. The van der Waals surface area contributed by atoms with Crippen LogP contribution in [0.15, 0.2) is 51.9 Å². The third kappa shape index (κ3) is 3.99. The van der Waals surface area contributed by atoms with E-state index in [1.807, 2.05) is 47.9 Å². The molecule has 1 aliphatic rings. The Hall–Kier alpha value is -2.16. The van der Waals surface area contributed by atoms with Crippen LogP contribution in [0.2, 0.25) is 0 Å². The third-order valence-electron chi connectivity index (χ3n) is 4.30. The Morgan fingerprint density at radius 1 is 1.32 bits per heavy atom. The average molecular weight is 463 g/mol. The van der Waals surface area contributed by atoms with E-state index in [2.05, 4.69) is 20.9 Å². The van der Waals surface area contributed by atoms with E-state index in [4.69, 9.17) is 14.2 Å². The molecule has 146 valence electrons. The number of aromatic nitrogens is 1. The zero-order chi connectivity index (χ0) is 19.5. The molecule has 28 heavy (non-hydrogen) atoms. The van der Waals surface area contributed by atoms with E-state index in [-0.39, 0.29) is 12.5 Å². The predicted octanol–water partition coefficient (Wildman–Crippen LogP) is 3.77. The minimum Gasteiger partial charge on any atom is -0.485 e. The van der Waals surface area contributed by atoms with E-state index in [1.54, 1.807) is 6.07 Å². The van der Waals surface area contributed by atoms with Gasteiger partial charge in [-0.1, -0.05) is 39.4 Å². The lowest BCUT2D eigenvalue weighted by atomic mass is 10.2. The van der Waals surface area contributed by atoms with Crippen molar-refractivity contribution in [2.45, 2.75) is 19.6 Å². The van der Waals surface area contributed by atoms with E-state index in [1.165, 1.54) is 11.3 Å². The van der Waals surface area contributed by atoms with Crippen LogP contribution in [0.4, 0.5) is 0 Å². The highest BCUT2D eigenvalue weighted by molar-refractivity contribution is 9.10. The minimum atomic E-state index is -0.757. The van der Waals surface area contributed by atoms with Crippen molar-refractivity contribution >= 4 is 43.4 Å². The van der Waals surface area contributed by atoms with Gasteiger partial charge >= 0.3 is 0 Å². The van der Waals surface area contributed by atoms with Gasteiger partial charge in [-0.15, -0.1) is 0 Å². The summed E-state index contributed by atoms with van der Waals surface area (Å²) in [6.07, 6.45) is -0.757. The van der Waals surface area contributed by atoms with Crippen molar-refractivity contribution in [2.75, 3.05) is 19.8 Å². The van der Waals surface area contributed by atoms with Gasteiger partial charge < -0.3 is 18.8 Å². The summed E-state index contributed by atoms with van der Waals surface area (Å²) in [5.74, 6) is 0.849. The average Bonchev–Trinajstić information content (AvgIpc) is 3.04. The molecule has 0 bridgehead atoms. The number of rotatable bonds is 5. The molecule has 1 aliphatic heterocycles. The first-order valence-corrected chi connectivity index (χ1v) is 10.6. The summed E-state index contributed by atoms with van der Waals surface area (Å²) in [6, 6.07) is 13.3. The molecule has 0 saturated carbocycles. The Morgan fingerprint density at radius 3 is 2.96 bits per heavy atom. The highest BCUT2D eigenvalue weighted by atomic mass is 79.9. The van der Waals surface area contributed by atoms with Gasteiger partial charge in [-0.3, -0.25) is 4.79 Å². The van der Waals surface area contributed by atoms with E-state index in [0.29, 0.717) is 36.1 Å². The second-order valence-electron chi connectivity index (χ2n) is 6.16. The molecule has 0 fully saturated rings. The molecule has 0 saturated heterocycles. The number of ether oxygens (including phenoxy) is 3. The number of carbonyl (C=O) groups is 1. The summed E-state index contributed by atoms with van der Waals surface area (Å²) in [4.78, 5) is 17.8. The third-order valence-corrected chi connectivity index (χ3v) is 5.83. The normalized spacial score (nSPS) is 16.5. The summed E-state index contributed by atoms with van der Waals surface area (Å²) < 4.78 is 21.0. The fourth-order valence-corrected chi connectivity index (χ4v) is 4.57. The van der Waals surface area contributed by atoms with Gasteiger partial charge in [0.1, 0.15) is 6.61 Å². The topological polar surface area (TPSA) is 62.1 Å². The summed E-state index contributed by atoms with van der Waals surface area (Å²) >= 11 is 4.97. The van der Waals surface area contributed by atoms with Gasteiger partial charge in [-0.2, -0.15) is 4.99 Å². The van der Waals surface area contributed by atoms with Crippen LogP contribution in [0.1, 0.15) is 6.92 Å². The molecule has 1 atom stereocenters. The minimum absolute atomic E-state index is 0.148. The van der Waals surface area contributed by atoms with E-state index in [0.717, 1.165) is 14.7 Å². The van der Waals surface area contributed by atoms with Gasteiger partial charge in [0, 0.05) is 17.6 Å². The zero-order valence-electron chi connectivity index (χ0n) is 15.3. The summed E-state index contributed by atoms with van der Waals surface area (Å²) in [7, 11) is 0. The number of fused-ring (bicyclic) bond motifs is 2. The Kier molecular flexibility index (Phi) is 5.79. The number of hydrogen-bond acceptors (Lipinski definition) is 5. The molecule has 1 aromatic heterocycles. The second kappa shape index (κ2) is 8.46. The quantitative estimate of drug-likeness (QED) is 0.541. The molecule has 3 aromatic rings. The van der Waals surface area contributed by atoms with Crippen molar-refractivity contribution in [3.8, 4) is 11.5 Å². The van der Waals surface area contributed by atoms with Crippen LogP contribution in [0.5, 0.6) is 11.5 Å². The molecule has 0 spiro atoms. The maximum atomic E-state index is 12.8. The van der Waals surface area contributed by atoms with Crippen LogP contribution < -0.4 is 14.3 Å². The largest absolute Gasteiger partial charge is 0.485 e. The molecule has 1 amide bonds.